The van der Waals surface area contributed by atoms with Crippen molar-refractivity contribution in [1.82, 2.24) is 0 Å². The third kappa shape index (κ3) is 4.78. The smallest absolute Gasteiger partial charge is 0.331 e. The molecule has 1 atom stereocenters. The van der Waals surface area contributed by atoms with Crippen molar-refractivity contribution in [2.75, 3.05) is 7.11 Å². The summed E-state index contributed by atoms with van der Waals surface area (Å²) in [4.78, 5) is 24.0. The molecule has 0 unspecified atom stereocenters. The minimum Gasteiger partial charge on any atom is -0.497 e. The van der Waals surface area contributed by atoms with E-state index in [-0.39, 0.29) is 5.78 Å². The summed E-state index contributed by atoms with van der Waals surface area (Å²) in [6.45, 7) is 1.50. The second-order valence-electron chi connectivity index (χ2n) is 5.06. The van der Waals surface area contributed by atoms with Gasteiger partial charge in [-0.15, -0.1) is 0 Å². The summed E-state index contributed by atoms with van der Waals surface area (Å²) in [5, 5.41) is 0. The van der Waals surface area contributed by atoms with Gasteiger partial charge in [0.15, 0.2) is 6.10 Å². The first kappa shape index (κ1) is 17.4. The largest absolute Gasteiger partial charge is 0.497 e. The lowest BCUT2D eigenvalue weighted by atomic mass is 10.1. The van der Waals surface area contributed by atoms with Gasteiger partial charge in [-0.25, -0.2) is 9.18 Å². The van der Waals surface area contributed by atoms with Crippen LogP contribution in [0.5, 0.6) is 5.75 Å². The molecule has 0 saturated carbocycles. The number of hydrogen-bond donors (Lipinski definition) is 0. The van der Waals surface area contributed by atoms with E-state index in [1.54, 1.807) is 30.3 Å². The van der Waals surface area contributed by atoms with E-state index in [1.165, 1.54) is 38.3 Å². The number of ether oxygens (including phenoxy) is 2. The van der Waals surface area contributed by atoms with Gasteiger partial charge in [0, 0.05) is 11.6 Å². The van der Waals surface area contributed by atoms with Gasteiger partial charge in [0.2, 0.25) is 5.78 Å². The molecule has 0 heterocycles. The number of esters is 1. The van der Waals surface area contributed by atoms with Crippen LogP contribution in [-0.2, 0) is 9.53 Å². The molecule has 0 radical (unpaired) electrons. The Kier molecular flexibility index (Phi) is 5.84. The fraction of sp³-hybridized carbons (Fsp3) is 0.158. The summed E-state index contributed by atoms with van der Waals surface area (Å²) in [7, 11) is 1.53. The molecule has 4 nitrogen and oxygen atoms in total. The number of ketones is 1. The molecule has 0 N–H and O–H groups in total. The fourth-order valence-electron chi connectivity index (χ4n) is 2.03. The highest BCUT2D eigenvalue weighted by molar-refractivity contribution is 6.01. The van der Waals surface area contributed by atoms with Gasteiger partial charge in [-0.1, -0.05) is 12.1 Å². The maximum Gasteiger partial charge on any atom is 0.331 e. The second-order valence-corrected chi connectivity index (χ2v) is 5.06. The van der Waals surface area contributed by atoms with Crippen molar-refractivity contribution in [1.29, 1.82) is 0 Å². The third-order valence-electron chi connectivity index (χ3n) is 3.30. The van der Waals surface area contributed by atoms with Crippen molar-refractivity contribution >= 4 is 17.8 Å². The Bertz CT molecular complexity index is 750. The molecule has 2 aromatic rings. The zero-order valence-electron chi connectivity index (χ0n) is 13.4. The van der Waals surface area contributed by atoms with Crippen molar-refractivity contribution in [2.24, 2.45) is 0 Å². The van der Waals surface area contributed by atoms with Crippen LogP contribution in [0.15, 0.2) is 54.6 Å². The topological polar surface area (TPSA) is 52.6 Å². The molecule has 0 amide bonds. The fourth-order valence-corrected chi connectivity index (χ4v) is 2.03. The molecule has 0 aliphatic rings. The number of carbonyl (C=O) groups excluding carboxylic acids is 2. The number of halogens is 1. The minimum atomic E-state index is -0.928. The van der Waals surface area contributed by atoms with E-state index in [0.29, 0.717) is 16.9 Å². The van der Waals surface area contributed by atoms with Crippen LogP contribution in [0, 0.1) is 5.82 Å². The molecule has 0 bridgehead atoms. The zero-order valence-corrected chi connectivity index (χ0v) is 13.4. The van der Waals surface area contributed by atoms with Crippen LogP contribution in [0.1, 0.15) is 22.8 Å². The van der Waals surface area contributed by atoms with Gasteiger partial charge in [0.05, 0.1) is 7.11 Å². The van der Waals surface area contributed by atoms with Crippen molar-refractivity contribution in [3.8, 4) is 5.75 Å². The summed E-state index contributed by atoms with van der Waals surface area (Å²) >= 11 is 0. The third-order valence-corrected chi connectivity index (χ3v) is 3.30. The molecule has 0 aromatic heterocycles. The summed E-state index contributed by atoms with van der Waals surface area (Å²) in [5.41, 5.74) is 0.950. The van der Waals surface area contributed by atoms with Crippen LogP contribution in [0.3, 0.4) is 0 Å². The Morgan fingerprint density at radius 2 is 1.83 bits per heavy atom. The zero-order chi connectivity index (χ0) is 17.5. The number of hydrogen-bond acceptors (Lipinski definition) is 4. The molecule has 0 saturated heterocycles. The Morgan fingerprint density at radius 3 is 2.46 bits per heavy atom. The quantitative estimate of drug-likeness (QED) is 0.461. The van der Waals surface area contributed by atoms with E-state index in [1.807, 2.05) is 0 Å². The number of benzene rings is 2. The van der Waals surface area contributed by atoms with Gasteiger partial charge < -0.3 is 9.47 Å². The van der Waals surface area contributed by atoms with E-state index in [2.05, 4.69) is 0 Å². The van der Waals surface area contributed by atoms with Crippen LogP contribution in [0.4, 0.5) is 4.39 Å². The number of methoxy groups -OCH3 is 1. The average molecular weight is 328 g/mol. The average Bonchev–Trinajstić information content (AvgIpc) is 2.59. The first-order chi connectivity index (χ1) is 11.5. The minimum absolute atomic E-state index is 0.315. The highest BCUT2D eigenvalue weighted by Crippen LogP contribution is 2.14. The SMILES string of the molecule is COc1ccc(C(=O)[C@@H](C)OC(=O)/C=C/c2cccc(F)c2)cc1. The Hall–Kier alpha value is -2.95. The first-order valence-corrected chi connectivity index (χ1v) is 7.32. The van der Waals surface area contributed by atoms with Gasteiger partial charge in [-0.2, -0.15) is 0 Å². The molecule has 0 aliphatic carbocycles. The van der Waals surface area contributed by atoms with Gasteiger partial charge in [0.25, 0.3) is 0 Å². The van der Waals surface area contributed by atoms with E-state index < -0.39 is 17.9 Å². The standard InChI is InChI=1S/C19H17FO4/c1-13(19(22)15-7-9-17(23-2)10-8-15)24-18(21)11-6-14-4-3-5-16(20)12-14/h3-13H,1-2H3/b11-6+/t13-/m1/s1. The molecule has 2 aromatic carbocycles. The highest BCUT2D eigenvalue weighted by Gasteiger charge is 2.18. The van der Waals surface area contributed by atoms with E-state index >= 15 is 0 Å². The molecular weight excluding hydrogens is 311 g/mol. The maximum atomic E-state index is 13.0. The molecule has 0 fully saturated rings. The monoisotopic (exact) mass is 328 g/mol. The van der Waals surface area contributed by atoms with Crippen molar-refractivity contribution in [2.45, 2.75) is 13.0 Å². The molecule has 0 aliphatic heterocycles. The first-order valence-electron chi connectivity index (χ1n) is 7.32. The van der Waals surface area contributed by atoms with Crippen LogP contribution in [0.2, 0.25) is 0 Å². The summed E-state index contributed by atoms with van der Waals surface area (Å²) in [5.74, 6) is -0.749. The maximum absolute atomic E-state index is 13.0. The van der Waals surface area contributed by atoms with Crippen LogP contribution in [0.25, 0.3) is 6.08 Å². The van der Waals surface area contributed by atoms with E-state index in [9.17, 15) is 14.0 Å². The molecule has 5 heteroatoms. The normalized spacial score (nSPS) is 12.0. The Labute approximate surface area is 139 Å². The van der Waals surface area contributed by atoms with Crippen LogP contribution >= 0.6 is 0 Å². The van der Waals surface area contributed by atoms with E-state index in [0.717, 1.165) is 6.08 Å². The summed E-state index contributed by atoms with van der Waals surface area (Å²) in [6, 6.07) is 12.3. The van der Waals surface area contributed by atoms with Crippen LogP contribution < -0.4 is 4.74 Å². The Morgan fingerprint density at radius 1 is 1.12 bits per heavy atom. The van der Waals surface area contributed by atoms with Crippen molar-refractivity contribution in [3.63, 3.8) is 0 Å². The van der Waals surface area contributed by atoms with Gasteiger partial charge in [-0.3, -0.25) is 4.79 Å². The lowest BCUT2D eigenvalue weighted by molar-refractivity contribution is -0.140. The Balaban J connectivity index is 1.96. The predicted octanol–water partition coefficient (Wildman–Crippen LogP) is 3.66. The predicted molar refractivity (Wildman–Crippen MR) is 88.3 cm³/mol. The molecular formula is C19H17FO4. The number of rotatable bonds is 6. The van der Waals surface area contributed by atoms with E-state index in [4.69, 9.17) is 9.47 Å². The van der Waals surface area contributed by atoms with Gasteiger partial charge >= 0.3 is 5.97 Å². The summed E-state index contributed by atoms with van der Waals surface area (Å²) < 4.78 is 23.1. The lowest BCUT2D eigenvalue weighted by Crippen LogP contribution is -2.23. The van der Waals surface area contributed by atoms with Crippen molar-refractivity contribution in [3.05, 3.63) is 71.6 Å². The number of carbonyl (C=O) groups is 2. The molecule has 124 valence electrons. The molecule has 2 rings (SSSR count). The van der Waals surface area contributed by atoms with Crippen LogP contribution in [-0.4, -0.2) is 25.0 Å². The van der Waals surface area contributed by atoms with Gasteiger partial charge in [-0.05, 0) is 55.0 Å². The lowest BCUT2D eigenvalue weighted by Gasteiger charge is -2.11. The second kappa shape index (κ2) is 8.06. The van der Waals surface area contributed by atoms with Crippen molar-refractivity contribution < 1.29 is 23.5 Å². The molecule has 24 heavy (non-hydrogen) atoms. The molecule has 0 spiro atoms. The van der Waals surface area contributed by atoms with Gasteiger partial charge in [0.1, 0.15) is 11.6 Å². The summed E-state index contributed by atoms with van der Waals surface area (Å²) in [6.07, 6.45) is 1.66. The number of Topliss-reactive ketones (excluding diaryl/α,β-unsaturated/α-hetero) is 1. The highest BCUT2D eigenvalue weighted by atomic mass is 19.1.